The first-order valence-electron chi connectivity index (χ1n) is 6.03. The van der Waals surface area contributed by atoms with Crippen molar-refractivity contribution < 1.29 is 4.42 Å². The van der Waals surface area contributed by atoms with Crippen molar-refractivity contribution in [2.45, 2.75) is 12.8 Å². The van der Waals surface area contributed by atoms with Gasteiger partial charge in [-0.25, -0.2) is 0 Å². The predicted octanol–water partition coefficient (Wildman–Crippen LogP) is 4.76. The average Bonchev–Trinajstić information content (AvgIpc) is 2.66. The molecule has 0 amide bonds. The van der Waals surface area contributed by atoms with Gasteiger partial charge in [-0.15, -0.1) is 0 Å². The quantitative estimate of drug-likeness (QED) is 0.576. The molecule has 0 fully saturated rings. The van der Waals surface area contributed by atoms with Crippen molar-refractivity contribution in [3.8, 4) is 0 Å². The van der Waals surface area contributed by atoms with Crippen LogP contribution >= 0.6 is 0 Å². The molecule has 4 rings (SSSR count). The van der Waals surface area contributed by atoms with E-state index in [1.807, 2.05) is 12.1 Å². The first-order valence-corrected chi connectivity index (χ1v) is 6.03. The predicted molar refractivity (Wildman–Crippen MR) is 70.9 cm³/mol. The Morgan fingerprint density at radius 1 is 0.882 bits per heavy atom. The highest BCUT2D eigenvalue weighted by Crippen LogP contribution is 2.38. The average molecular weight is 220 g/mol. The molecule has 1 heterocycles. The molecule has 82 valence electrons. The minimum absolute atomic E-state index is 0.981. The molecular formula is C16H12O. The van der Waals surface area contributed by atoms with E-state index >= 15 is 0 Å². The van der Waals surface area contributed by atoms with Gasteiger partial charge >= 0.3 is 0 Å². The summed E-state index contributed by atoms with van der Waals surface area (Å²) in [6.45, 7) is 0. The fourth-order valence-electron chi connectivity index (χ4n) is 2.58. The molecule has 1 aliphatic rings. The maximum absolute atomic E-state index is 5.88. The van der Waals surface area contributed by atoms with Gasteiger partial charge in [-0.05, 0) is 36.1 Å². The minimum Gasteiger partial charge on any atom is -0.456 e. The summed E-state index contributed by atoms with van der Waals surface area (Å²) in [7, 11) is 0. The summed E-state index contributed by atoms with van der Waals surface area (Å²) in [4.78, 5) is 0. The molecular weight excluding hydrogens is 208 g/mol. The van der Waals surface area contributed by atoms with E-state index in [9.17, 15) is 0 Å². The fourth-order valence-corrected chi connectivity index (χ4v) is 2.58. The fraction of sp³-hybridized carbons (Fsp3) is 0.125. The molecule has 0 atom stereocenters. The van der Waals surface area contributed by atoms with Crippen molar-refractivity contribution >= 4 is 27.5 Å². The maximum Gasteiger partial charge on any atom is 0.136 e. The first-order chi connectivity index (χ1) is 8.43. The van der Waals surface area contributed by atoms with Crippen LogP contribution in [0.2, 0.25) is 0 Å². The van der Waals surface area contributed by atoms with E-state index in [0.717, 1.165) is 11.2 Å². The molecule has 1 nitrogen and oxygen atoms in total. The van der Waals surface area contributed by atoms with Crippen LogP contribution in [-0.4, -0.2) is 0 Å². The standard InChI is InChI=1S/C16H12O/c1-2-9-14-13(7-1)16-12(11-5-3-6-11)8-4-10-15(16)17-14/h1-2,4-5,7-10H,3,6H2. The highest BCUT2D eigenvalue weighted by atomic mass is 16.3. The van der Waals surface area contributed by atoms with Gasteiger partial charge in [0.1, 0.15) is 11.2 Å². The van der Waals surface area contributed by atoms with Crippen LogP contribution in [0.3, 0.4) is 0 Å². The van der Waals surface area contributed by atoms with Gasteiger partial charge in [0.05, 0.1) is 0 Å². The van der Waals surface area contributed by atoms with E-state index in [0.29, 0.717) is 0 Å². The van der Waals surface area contributed by atoms with Gasteiger partial charge in [0.2, 0.25) is 0 Å². The zero-order valence-corrected chi connectivity index (χ0v) is 9.44. The van der Waals surface area contributed by atoms with Crippen LogP contribution in [0.25, 0.3) is 27.5 Å². The smallest absolute Gasteiger partial charge is 0.136 e. The lowest BCUT2D eigenvalue weighted by Crippen LogP contribution is -1.93. The van der Waals surface area contributed by atoms with Gasteiger partial charge in [0.25, 0.3) is 0 Å². The van der Waals surface area contributed by atoms with Crippen molar-refractivity contribution in [1.29, 1.82) is 0 Å². The van der Waals surface area contributed by atoms with E-state index in [4.69, 9.17) is 4.42 Å². The lowest BCUT2D eigenvalue weighted by molar-refractivity contribution is 0.669. The second-order valence-electron chi connectivity index (χ2n) is 4.54. The topological polar surface area (TPSA) is 13.1 Å². The molecule has 0 bridgehead atoms. The monoisotopic (exact) mass is 220 g/mol. The number of hydrogen-bond donors (Lipinski definition) is 0. The number of rotatable bonds is 1. The van der Waals surface area contributed by atoms with E-state index in [1.165, 1.54) is 34.8 Å². The summed E-state index contributed by atoms with van der Waals surface area (Å²) in [6, 6.07) is 14.6. The number of furan rings is 1. The molecule has 3 aromatic rings. The van der Waals surface area contributed by atoms with Crippen LogP contribution in [-0.2, 0) is 0 Å². The van der Waals surface area contributed by atoms with E-state index < -0.39 is 0 Å². The van der Waals surface area contributed by atoms with Crippen LogP contribution in [0.15, 0.2) is 53.0 Å². The Morgan fingerprint density at radius 2 is 1.71 bits per heavy atom. The van der Waals surface area contributed by atoms with Crippen molar-refractivity contribution in [2.75, 3.05) is 0 Å². The van der Waals surface area contributed by atoms with Crippen molar-refractivity contribution in [2.24, 2.45) is 0 Å². The summed E-state index contributed by atoms with van der Waals surface area (Å²) in [5.74, 6) is 0. The third kappa shape index (κ3) is 1.19. The minimum atomic E-state index is 0.981. The molecule has 0 radical (unpaired) electrons. The van der Waals surface area contributed by atoms with E-state index in [2.05, 4.69) is 36.4 Å². The summed E-state index contributed by atoms with van der Waals surface area (Å²) in [5.41, 5.74) is 4.78. The van der Waals surface area contributed by atoms with E-state index in [1.54, 1.807) is 0 Å². The van der Waals surface area contributed by atoms with Crippen LogP contribution < -0.4 is 0 Å². The lowest BCUT2D eigenvalue weighted by Gasteiger charge is -2.15. The summed E-state index contributed by atoms with van der Waals surface area (Å²) >= 11 is 0. The number of para-hydroxylation sites is 1. The van der Waals surface area contributed by atoms with Gasteiger partial charge < -0.3 is 4.42 Å². The Bertz CT molecular complexity index is 746. The largest absolute Gasteiger partial charge is 0.456 e. The molecule has 0 unspecified atom stereocenters. The van der Waals surface area contributed by atoms with Gasteiger partial charge in [-0.2, -0.15) is 0 Å². The molecule has 1 aromatic heterocycles. The second-order valence-corrected chi connectivity index (χ2v) is 4.54. The summed E-state index contributed by atoms with van der Waals surface area (Å²) < 4.78 is 5.88. The lowest BCUT2D eigenvalue weighted by atomic mass is 9.89. The Hall–Kier alpha value is -2.02. The van der Waals surface area contributed by atoms with Crippen molar-refractivity contribution in [3.63, 3.8) is 0 Å². The zero-order valence-electron chi connectivity index (χ0n) is 9.44. The zero-order chi connectivity index (χ0) is 11.2. The second kappa shape index (κ2) is 3.24. The molecule has 0 spiro atoms. The van der Waals surface area contributed by atoms with Crippen molar-refractivity contribution in [1.82, 2.24) is 0 Å². The van der Waals surface area contributed by atoms with Gasteiger partial charge in [-0.3, -0.25) is 0 Å². The van der Waals surface area contributed by atoms with Gasteiger partial charge in [0, 0.05) is 10.8 Å². The molecule has 2 aromatic carbocycles. The highest BCUT2D eigenvalue weighted by molar-refractivity contribution is 6.10. The Kier molecular flexibility index (Phi) is 1.72. The molecule has 1 aliphatic carbocycles. The molecule has 0 saturated carbocycles. The van der Waals surface area contributed by atoms with Crippen molar-refractivity contribution in [3.05, 3.63) is 54.1 Å². The SMILES string of the molecule is C1=C(c2cccc3oc4ccccc4c23)CC1. The number of hydrogen-bond acceptors (Lipinski definition) is 1. The Morgan fingerprint density at radius 3 is 2.53 bits per heavy atom. The maximum atomic E-state index is 5.88. The molecule has 0 aliphatic heterocycles. The molecule has 0 saturated heterocycles. The molecule has 1 heteroatoms. The third-order valence-electron chi connectivity index (χ3n) is 3.55. The Labute approximate surface area is 99.4 Å². The molecule has 17 heavy (non-hydrogen) atoms. The van der Waals surface area contributed by atoms with Gasteiger partial charge in [-0.1, -0.05) is 36.4 Å². The first kappa shape index (κ1) is 9.06. The van der Waals surface area contributed by atoms with Crippen LogP contribution in [0.5, 0.6) is 0 Å². The summed E-state index contributed by atoms with van der Waals surface area (Å²) in [5, 5.41) is 2.50. The number of allylic oxidation sites excluding steroid dienone is 2. The van der Waals surface area contributed by atoms with Crippen LogP contribution in [0.1, 0.15) is 18.4 Å². The normalized spacial score (nSPS) is 14.9. The number of benzene rings is 2. The van der Waals surface area contributed by atoms with Crippen LogP contribution in [0, 0.1) is 0 Å². The molecule has 0 N–H and O–H groups in total. The Balaban J connectivity index is 2.20. The van der Waals surface area contributed by atoms with E-state index in [-0.39, 0.29) is 0 Å². The van der Waals surface area contributed by atoms with Gasteiger partial charge in [0.15, 0.2) is 0 Å². The third-order valence-corrected chi connectivity index (χ3v) is 3.55. The summed E-state index contributed by atoms with van der Waals surface area (Å²) in [6.07, 6.45) is 4.72. The highest BCUT2D eigenvalue weighted by Gasteiger charge is 2.15. The van der Waals surface area contributed by atoms with Crippen LogP contribution in [0.4, 0.5) is 0 Å². The number of fused-ring (bicyclic) bond motifs is 3.